The fourth-order valence-corrected chi connectivity index (χ4v) is 4.75. The highest BCUT2D eigenvalue weighted by Gasteiger charge is 2.28. The van der Waals surface area contributed by atoms with Crippen LogP contribution in [0.25, 0.3) is 0 Å². The van der Waals surface area contributed by atoms with Gasteiger partial charge in [0.15, 0.2) is 0 Å². The van der Waals surface area contributed by atoms with E-state index in [0.717, 1.165) is 18.2 Å². The third kappa shape index (κ3) is 8.65. The summed E-state index contributed by atoms with van der Waals surface area (Å²) in [5.41, 5.74) is 2.26. The smallest absolute Gasteiger partial charge is 0.242 e. The van der Waals surface area contributed by atoms with Gasteiger partial charge in [0.1, 0.15) is 11.9 Å². The van der Waals surface area contributed by atoms with Crippen LogP contribution >= 0.6 is 0 Å². The third-order valence-electron chi connectivity index (χ3n) is 5.68. The molecule has 0 radical (unpaired) electrons. The summed E-state index contributed by atoms with van der Waals surface area (Å²) in [5, 5.41) is 2.85. The van der Waals surface area contributed by atoms with Gasteiger partial charge in [0.2, 0.25) is 21.8 Å². The molecular weight excluding hydrogens is 469 g/mol. The second-order valence-corrected chi connectivity index (χ2v) is 10.5. The number of aryl methyl sites for hydroxylation is 1. The standard InChI is InChI=1S/C26H36FN3O4S/c1-5-17-28-26(32)24(6-2)29(19-21-11-13-22(27)14-12-21)25(31)8-7-18-30(35(4,33)34)23-15-9-20(3)10-16-23/h9-16,24H,5-8,17-19H2,1-4H3,(H,28,32). The Morgan fingerprint density at radius 1 is 1.03 bits per heavy atom. The number of carbonyl (C=O) groups is 2. The monoisotopic (exact) mass is 505 g/mol. The zero-order valence-electron chi connectivity index (χ0n) is 21.0. The van der Waals surface area contributed by atoms with E-state index in [4.69, 9.17) is 0 Å². The van der Waals surface area contributed by atoms with Gasteiger partial charge in [-0.3, -0.25) is 13.9 Å². The van der Waals surface area contributed by atoms with Crippen molar-refractivity contribution in [1.29, 1.82) is 0 Å². The fourth-order valence-electron chi connectivity index (χ4n) is 3.79. The lowest BCUT2D eigenvalue weighted by Crippen LogP contribution is -2.49. The molecule has 192 valence electrons. The molecule has 35 heavy (non-hydrogen) atoms. The number of nitrogens with zero attached hydrogens (tertiary/aromatic N) is 2. The van der Waals surface area contributed by atoms with Gasteiger partial charge in [0.05, 0.1) is 11.9 Å². The molecule has 1 atom stereocenters. The molecule has 9 heteroatoms. The largest absolute Gasteiger partial charge is 0.354 e. The molecule has 7 nitrogen and oxygen atoms in total. The van der Waals surface area contributed by atoms with Gasteiger partial charge in [0, 0.05) is 26.1 Å². The first-order valence-electron chi connectivity index (χ1n) is 11.9. The Kier molecular flexibility index (Phi) is 10.7. The van der Waals surface area contributed by atoms with Crippen LogP contribution in [-0.2, 0) is 26.2 Å². The maximum Gasteiger partial charge on any atom is 0.242 e. The number of nitrogens with one attached hydrogen (secondary N) is 1. The van der Waals surface area contributed by atoms with E-state index in [1.807, 2.05) is 32.9 Å². The van der Waals surface area contributed by atoms with E-state index < -0.39 is 16.1 Å². The minimum Gasteiger partial charge on any atom is -0.354 e. The van der Waals surface area contributed by atoms with E-state index >= 15 is 0 Å². The third-order valence-corrected chi connectivity index (χ3v) is 6.87. The number of hydrogen-bond acceptors (Lipinski definition) is 4. The van der Waals surface area contributed by atoms with Crippen LogP contribution in [0.4, 0.5) is 10.1 Å². The molecule has 0 aliphatic carbocycles. The molecule has 0 saturated heterocycles. The van der Waals surface area contributed by atoms with E-state index in [-0.39, 0.29) is 43.6 Å². The molecule has 0 bridgehead atoms. The molecule has 2 aromatic rings. The number of sulfonamides is 1. The summed E-state index contributed by atoms with van der Waals surface area (Å²) in [6, 6.07) is 12.3. The number of rotatable bonds is 13. The molecule has 0 aromatic heterocycles. The molecule has 0 heterocycles. The number of halogens is 1. The molecule has 0 saturated carbocycles. The summed E-state index contributed by atoms with van der Waals surface area (Å²) in [4.78, 5) is 27.6. The van der Waals surface area contributed by atoms with Gasteiger partial charge in [-0.05, 0) is 56.0 Å². The van der Waals surface area contributed by atoms with Crippen molar-refractivity contribution in [3.05, 3.63) is 65.5 Å². The van der Waals surface area contributed by atoms with Crippen LogP contribution in [0, 0.1) is 12.7 Å². The Morgan fingerprint density at radius 2 is 1.66 bits per heavy atom. The second kappa shape index (κ2) is 13.2. The van der Waals surface area contributed by atoms with Gasteiger partial charge in [-0.25, -0.2) is 12.8 Å². The summed E-state index contributed by atoms with van der Waals surface area (Å²) in [6.07, 6.45) is 2.68. The van der Waals surface area contributed by atoms with Crippen molar-refractivity contribution in [1.82, 2.24) is 10.2 Å². The summed E-state index contributed by atoms with van der Waals surface area (Å²) < 4.78 is 39.4. The maximum atomic E-state index is 13.4. The van der Waals surface area contributed by atoms with Crippen LogP contribution in [-0.4, -0.2) is 50.5 Å². The van der Waals surface area contributed by atoms with Crippen LogP contribution in [0.15, 0.2) is 48.5 Å². The van der Waals surface area contributed by atoms with E-state index in [9.17, 15) is 22.4 Å². The Morgan fingerprint density at radius 3 is 2.20 bits per heavy atom. The Balaban J connectivity index is 2.18. The number of hydrogen-bond donors (Lipinski definition) is 1. The topological polar surface area (TPSA) is 86.8 Å². The molecule has 2 amide bonds. The van der Waals surface area contributed by atoms with E-state index in [2.05, 4.69) is 5.32 Å². The number of carbonyl (C=O) groups excluding carboxylic acids is 2. The SMILES string of the molecule is CCCNC(=O)C(CC)N(Cc1ccc(F)cc1)C(=O)CCCN(c1ccc(C)cc1)S(C)(=O)=O. The van der Waals surface area contributed by atoms with Gasteiger partial charge in [-0.2, -0.15) is 0 Å². The first-order chi connectivity index (χ1) is 16.6. The van der Waals surface area contributed by atoms with Crippen molar-refractivity contribution >= 4 is 27.5 Å². The van der Waals surface area contributed by atoms with E-state index in [1.54, 1.807) is 24.3 Å². The fraction of sp³-hybridized carbons (Fsp3) is 0.462. The average molecular weight is 506 g/mol. The molecule has 2 aromatic carbocycles. The van der Waals surface area contributed by atoms with Gasteiger partial charge in [0.25, 0.3) is 0 Å². The van der Waals surface area contributed by atoms with Crippen molar-refractivity contribution in [2.45, 2.75) is 59.0 Å². The van der Waals surface area contributed by atoms with Crippen LogP contribution in [0.3, 0.4) is 0 Å². The highest BCUT2D eigenvalue weighted by atomic mass is 32.2. The van der Waals surface area contributed by atoms with Crippen molar-refractivity contribution in [2.24, 2.45) is 0 Å². The Labute approximate surface area is 208 Å². The van der Waals surface area contributed by atoms with E-state index in [1.165, 1.54) is 21.3 Å². The molecule has 0 spiro atoms. The first kappa shape index (κ1) is 28.3. The predicted octanol–water partition coefficient (Wildman–Crippen LogP) is 4.01. The van der Waals surface area contributed by atoms with Gasteiger partial charge in [-0.1, -0.05) is 43.7 Å². The van der Waals surface area contributed by atoms with E-state index in [0.29, 0.717) is 24.2 Å². The van der Waals surface area contributed by atoms with Gasteiger partial charge < -0.3 is 10.2 Å². The highest BCUT2D eigenvalue weighted by molar-refractivity contribution is 7.92. The lowest BCUT2D eigenvalue weighted by molar-refractivity contribution is -0.141. The lowest BCUT2D eigenvalue weighted by Gasteiger charge is -2.31. The Bertz CT molecular complexity index is 1070. The molecule has 0 aliphatic rings. The number of anilines is 1. The number of amides is 2. The quantitative estimate of drug-likeness (QED) is 0.446. The summed E-state index contributed by atoms with van der Waals surface area (Å²) >= 11 is 0. The molecule has 2 rings (SSSR count). The summed E-state index contributed by atoms with van der Waals surface area (Å²) in [7, 11) is -3.54. The molecule has 1 unspecified atom stereocenters. The molecular formula is C26H36FN3O4S. The van der Waals surface area contributed by atoms with Gasteiger partial charge in [-0.15, -0.1) is 0 Å². The summed E-state index contributed by atoms with van der Waals surface area (Å²) in [6.45, 7) is 6.51. The predicted molar refractivity (Wildman–Crippen MR) is 137 cm³/mol. The van der Waals surface area contributed by atoms with Crippen molar-refractivity contribution in [3.8, 4) is 0 Å². The van der Waals surface area contributed by atoms with Crippen LogP contribution < -0.4 is 9.62 Å². The second-order valence-electron chi connectivity index (χ2n) is 8.64. The minimum atomic E-state index is -3.54. The van der Waals surface area contributed by atoms with Crippen LogP contribution in [0.2, 0.25) is 0 Å². The van der Waals surface area contributed by atoms with Crippen molar-refractivity contribution < 1.29 is 22.4 Å². The zero-order valence-corrected chi connectivity index (χ0v) is 21.8. The normalized spacial score (nSPS) is 12.1. The number of benzene rings is 2. The first-order valence-corrected chi connectivity index (χ1v) is 13.8. The average Bonchev–Trinajstić information content (AvgIpc) is 2.81. The van der Waals surface area contributed by atoms with Crippen LogP contribution in [0.1, 0.15) is 50.7 Å². The Hall–Kier alpha value is -2.94. The molecule has 0 fully saturated rings. The van der Waals surface area contributed by atoms with Crippen molar-refractivity contribution in [3.63, 3.8) is 0 Å². The zero-order chi connectivity index (χ0) is 26.0. The van der Waals surface area contributed by atoms with Crippen molar-refractivity contribution in [2.75, 3.05) is 23.7 Å². The summed E-state index contributed by atoms with van der Waals surface area (Å²) in [5.74, 6) is -0.872. The maximum absolute atomic E-state index is 13.4. The molecule has 1 N–H and O–H groups in total. The highest BCUT2D eigenvalue weighted by Crippen LogP contribution is 2.20. The lowest BCUT2D eigenvalue weighted by atomic mass is 10.1. The van der Waals surface area contributed by atoms with Gasteiger partial charge >= 0.3 is 0 Å². The van der Waals surface area contributed by atoms with Crippen LogP contribution in [0.5, 0.6) is 0 Å². The minimum absolute atomic E-state index is 0.0661. The molecule has 0 aliphatic heterocycles.